The molecular formula is C20H19ClN4O3S. The molecule has 0 aliphatic carbocycles. The fraction of sp³-hybridized carbons (Fsp3) is 0.200. The molecule has 9 heteroatoms. The maximum absolute atomic E-state index is 12.1. The van der Waals surface area contributed by atoms with Crippen LogP contribution in [0, 0.1) is 0 Å². The predicted octanol–water partition coefficient (Wildman–Crippen LogP) is 3.80. The van der Waals surface area contributed by atoms with Crippen molar-refractivity contribution < 1.29 is 14.0 Å². The Morgan fingerprint density at radius 2 is 1.83 bits per heavy atom. The Kier molecular flexibility index (Phi) is 7.26. The van der Waals surface area contributed by atoms with E-state index >= 15 is 0 Å². The molecule has 3 aromatic rings. The summed E-state index contributed by atoms with van der Waals surface area (Å²) in [6, 6.07) is 14.7. The number of nitrogens with one attached hydrogen (secondary N) is 2. The van der Waals surface area contributed by atoms with E-state index in [0.29, 0.717) is 10.6 Å². The van der Waals surface area contributed by atoms with Crippen molar-refractivity contribution in [3.05, 3.63) is 59.1 Å². The molecule has 0 bridgehead atoms. The van der Waals surface area contributed by atoms with E-state index in [2.05, 4.69) is 20.8 Å². The summed E-state index contributed by atoms with van der Waals surface area (Å²) in [6.07, 6.45) is 0.805. The summed E-state index contributed by atoms with van der Waals surface area (Å²) in [4.78, 5) is 24.1. The third kappa shape index (κ3) is 5.82. The van der Waals surface area contributed by atoms with Gasteiger partial charge in [-0.3, -0.25) is 9.59 Å². The molecule has 2 amide bonds. The smallest absolute Gasteiger partial charge is 0.277 e. The van der Waals surface area contributed by atoms with E-state index in [0.717, 1.165) is 29.4 Å². The van der Waals surface area contributed by atoms with Crippen molar-refractivity contribution in [2.75, 3.05) is 17.6 Å². The normalized spacial score (nSPS) is 10.6. The highest BCUT2D eigenvalue weighted by atomic mass is 35.5. The molecule has 7 nitrogen and oxygen atoms in total. The summed E-state index contributed by atoms with van der Waals surface area (Å²) in [6.45, 7) is 1.89. The van der Waals surface area contributed by atoms with E-state index in [1.54, 1.807) is 18.2 Å². The summed E-state index contributed by atoms with van der Waals surface area (Å²) in [5.74, 6) is -0.273. The first kappa shape index (κ1) is 20.9. The average Bonchev–Trinajstić information content (AvgIpc) is 3.20. The lowest BCUT2D eigenvalue weighted by molar-refractivity contribution is -0.122. The molecule has 0 aliphatic heterocycles. The third-order valence-corrected chi connectivity index (χ3v) is 5.10. The Morgan fingerprint density at radius 3 is 2.62 bits per heavy atom. The van der Waals surface area contributed by atoms with Crippen LogP contribution in [0.5, 0.6) is 0 Å². The number of benzene rings is 2. The number of thioether (sulfide) groups is 1. The highest BCUT2D eigenvalue weighted by Gasteiger charge is 2.14. The number of carbonyl (C=O) groups excluding carboxylic acids is 2. The van der Waals surface area contributed by atoms with Gasteiger partial charge in [0.15, 0.2) is 0 Å². The van der Waals surface area contributed by atoms with Crippen LogP contribution >= 0.6 is 23.4 Å². The number of anilines is 1. The lowest BCUT2D eigenvalue weighted by Crippen LogP contribution is -2.34. The zero-order valence-electron chi connectivity index (χ0n) is 15.6. The molecule has 1 heterocycles. The Balaban J connectivity index is 1.46. The molecule has 2 aromatic carbocycles. The van der Waals surface area contributed by atoms with Crippen LogP contribution in [-0.4, -0.2) is 34.3 Å². The number of aromatic nitrogens is 2. The highest BCUT2D eigenvalue weighted by Crippen LogP contribution is 2.28. The van der Waals surface area contributed by atoms with Crippen molar-refractivity contribution in [2.45, 2.75) is 18.6 Å². The van der Waals surface area contributed by atoms with Gasteiger partial charge in [0, 0.05) is 5.69 Å². The Labute approximate surface area is 177 Å². The molecule has 1 aromatic heterocycles. The summed E-state index contributed by atoms with van der Waals surface area (Å²) >= 11 is 7.19. The largest absolute Gasteiger partial charge is 0.411 e. The fourth-order valence-electron chi connectivity index (χ4n) is 2.51. The third-order valence-electron chi connectivity index (χ3n) is 3.96. The van der Waals surface area contributed by atoms with Gasteiger partial charge < -0.3 is 15.1 Å². The molecule has 0 saturated heterocycles. The van der Waals surface area contributed by atoms with Crippen molar-refractivity contribution in [3.8, 4) is 11.5 Å². The molecule has 2 N–H and O–H groups in total. The summed E-state index contributed by atoms with van der Waals surface area (Å²) in [5, 5.41) is 14.0. The van der Waals surface area contributed by atoms with Gasteiger partial charge in [0.2, 0.25) is 17.7 Å². The van der Waals surface area contributed by atoms with Crippen LogP contribution in [-0.2, 0) is 16.0 Å². The molecule has 0 unspecified atom stereocenters. The zero-order valence-corrected chi connectivity index (χ0v) is 17.2. The van der Waals surface area contributed by atoms with Crippen LogP contribution in [0.2, 0.25) is 5.02 Å². The van der Waals surface area contributed by atoms with Gasteiger partial charge in [-0.2, -0.15) is 0 Å². The zero-order chi connectivity index (χ0) is 20.6. The van der Waals surface area contributed by atoms with Crippen LogP contribution in [0.15, 0.2) is 58.2 Å². The van der Waals surface area contributed by atoms with Crippen LogP contribution < -0.4 is 10.6 Å². The molecule has 0 atom stereocenters. The number of halogens is 1. The van der Waals surface area contributed by atoms with Gasteiger partial charge in [-0.1, -0.05) is 60.6 Å². The quantitative estimate of drug-likeness (QED) is 0.527. The molecular weight excluding hydrogens is 412 g/mol. The topological polar surface area (TPSA) is 97.1 Å². The lowest BCUT2D eigenvalue weighted by atomic mass is 10.1. The molecule has 3 rings (SSSR count). The first-order valence-corrected chi connectivity index (χ1v) is 10.3. The molecule has 0 spiro atoms. The van der Waals surface area contributed by atoms with E-state index in [-0.39, 0.29) is 35.2 Å². The minimum absolute atomic E-state index is 0.0446. The minimum atomic E-state index is -0.313. The first-order chi connectivity index (χ1) is 14.1. The average molecular weight is 431 g/mol. The van der Waals surface area contributed by atoms with Crippen molar-refractivity contribution in [1.29, 1.82) is 0 Å². The van der Waals surface area contributed by atoms with Gasteiger partial charge in [-0.15, -0.1) is 10.2 Å². The van der Waals surface area contributed by atoms with Crippen molar-refractivity contribution in [3.63, 3.8) is 0 Å². The Hall–Kier alpha value is -2.84. The van der Waals surface area contributed by atoms with Crippen LogP contribution in [0.1, 0.15) is 12.5 Å². The number of nitrogens with zero attached hydrogens (tertiary/aromatic N) is 2. The molecule has 29 heavy (non-hydrogen) atoms. The van der Waals surface area contributed by atoms with Gasteiger partial charge in [-0.25, -0.2) is 0 Å². The maximum Gasteiger partial charge on any atom is 0.277 e. The van der Waals surface area contributed by atoms with Crippen molar-refractivity contribution >= 4 is 40.9 Å². The Morgan fingerprint density at radius 1 is 1.07 bits per heavy atom. The lowest BCUT2D eigenvalue weighted by Gasteiger charge is -2.10. The summed E-state index contributed by atoms with van der Waals surface area (Å²) < 4.78 is 5.53. The number of aryl methyl sites for hydroxylation is 1. The van der Waals surface area contributed by atoms with E-state index in [1.807, 2.05) is 37.3 Å². The summed E-state index contributed by atoms with van der Waals surface area (Å²) in [7, 11) is 0. The molecule has 0 fully saturated rings. The van der Waals surface area contributed by atoms with E-state index in [1.165, 1.54) is 0 Å². The number of carbonyl (C=O) groups is 2. The second-order valence-electron chi connectivity index (χ2n) is 5.98. The maximum atomic E-state index is 12.1. The first-order valence-electron chi connectivity index (χ1n) is 8.92. The Bertz CT molecular complexity index is 1010. The van der Waals surface area contributed by atoms with Gasteiger partial charge in [0.1, 0.15) is 0 Å². The minimum Gasteiger partial charge on any atom is -0.411 e. The summed E-state index contributed by atoms with van der Waals surface area (Å²) in [5.41, 5.74) is 2.41. The molecule has 0 radical (unpaired) electrons. The van der Waals surface area contributed by atoms with Gasteiger partial charge in [-0.05, 0) is 30.2 Å². The van der Waals surface area contributed by atoms with Crippen LogP contribution in [0.3, 0.4) is 0 Å². The number of amides is 2. The number of hydrogen-bond donors (Lipinski definition) is 2. The fourth-order valence-corrected chi connectivity index (χ4v) is 3.32. The predicted molar refractivity (Wildman–Crippen MR) is 113 cm³/mol. The van der Waals surface area contributed by atoms with E-state index < -0.39 is 0 Å². The monoisotopic (exact) mass is 430 g/mol. The number of para-hydroxylation sites is 1. The van der Waals surface area contributed by atoms with Gasteiger partial charge in [0.05, 0.1) is 22.9 Å². The highest BCUT2D eigenvalue weighted by molar-refractivity contribution is 7.99. The number of hydrogen-bond acceptors (Lipinski definition) is 6. The second kappa shape index (κ2) is 10.1. The van der Waals surface area contributed by atoms with Crippen molar-refractivity contribution in [1.82, 2.24) is 15.5 Å². The van der Waals surface area contributed by atoms with Crippen molar-refractivity contribution in [2.24, 2.45) is 0 Å². The number of rotatable bonds is 8. The van der Waals surface area contributed by atoms with E-state index in [4.69, 9.17) is 16.0 Å². The SMILES string of the molecule is CCc1ccccc1NC(=O)CNC(=O)CSc1nnc(-c2ccccc2Cl)o1. The molecule has 0 saturated carbocycles. The van der Waals surface area contributed by atoms with Crippen LogP contribution in [0.25, 0.3) is 11.5 Å². The van der Waals surface area contributed by atoms with Gasteiger partial charge >= 0.3 is 0 Å². The van der Waals surface area contributed by atoms with Gasteiger partial charge in [0.25, 0.3) is 5.22 Å². The molecule has 0 aliphatic rings. The second-order valence-corrected chi connectivity index (χ2v) is 7.31. The van der Waals surface area contributed by atoms with Crippen LogP contribution in [0.4, 0.5) is 5.69 Å². The standard InChI is InChI=1S/C20H19ClN4O3S/c1-2-13-7-3-6-10-16(13)23-17(26)11-22-18(27)12-29-20-25-24-19(28-20)14-8-4-5-9-15(14)21/h3-10H,2,11-12H2,1H3,(H,22,27)(H,23,26). The van der Waals surface area contributed by atoms with E-state index in [9.17, 15) is 9.59 Å². The molecule has 150 valence electrons.